The minimum absolute atomic E-state index is 0.0823. The molecule has 1 aliphatic rings. The number of fused-ring (bicyclic) bond motifs is 1. The number of hydrogen-bond acceptors (Lipinski definition) is 1. The first-order chi connectivity index (χ1) is 19.1. The Morgan fingerprint density at radius 1 is 0.538 bits per heavy atom. The van der Waals surface area contributed by atoms with Crippen LogP contribution in [-0.2, 0) is 0 Å². The molecule has 7 aromatic rings. The lowest BCUT2D eigenvalue weighted by molar-refractivity contribution is 0.493. The summed E-state index contributed by atoms with van der Waals surface area (Å²) in [5.41, 5.74) is 10.4. The summed E-state index contributed by atoms with van der Waals surface area (Å²) in [6, 6.07) is 40.1. The maximum absolute atomic E-state index is 6.74. The molecule has 1 nitrogen and oxygen atoms in total. The Balaban J connectivity index is 1.53. The van der Waals surface area contributed by atoms with E-state index in [0.717, 1.165) is 11.5 Å². The van der Waals surface area contributed by atoms with Crippen LogP contribution in [0, 0.1) is 20.8 Å². The first kappa shape index (κ1) is 22.4. The number of aryl methyl sites for hydroxylation is 3. The highest BCUT2D eigenvalue weighted by atomic mass is 16.5. The van der Waals surface area contributed by atoms with Gasteiger partial charge in [-0.3, -0.25) is 0 Å². The first-order valence-corrected chi connectivity index (χ1v) is 13.7. The highest BCUT2D eigenvalue weighted by Crippen LogP contribution is 2.44. The molecule has 8 rings (SSSR count). The quantitative estimate of drug-likeness (QED) is 0.175. The maximum atomic E-state index is 6.74. The van der Waals surface area contributed by atoms with E-state index in [1.54, 1.807) is 0 Å². The molecule has 0 spiro atoms. The Hall–Kier alpha value is -4.56. The number of benzene rings is 7. The summed E-state index contributed by atoms with van der Waals surface area (Å²) in [4.78, 5) is 0. The lowest BCUT2D eigenvalue weighted by atomic mass is 9.36. The van der Waals surface area contributed by atoms with Gasteiger partial charge in [0.05, 0.1) is 0 Å². The average molecular weight is 498 g/mol. The molecule has 0 aromatic heterocycles. The molecule has 2 heteroatoms. The zero-order valence-electron chi connectivity index (χ0n) is 22.4. The smallest absolute Gasteiger partial charge is 0.247 e. The topological polar surface area (TPSA) is 9.23 Å². The standard InChI is InChI=1S/C37H27BO/c1-22-19-23(2)34(24(3)20-22)28-17-14-26-21-31-37-33(18-15-25-13-16-29(28)35(26)36(25)37)39-32-12-8-7-11-30(32)38(31)27-9-5-4-6-10-27/h4-21H,1-3H3. The number of rotatable bonds is 2. The minimum atomic E-state index is 0.0823. The van der Waals surface area contributed by atoms with Crippen molar-refractivity contribution in [2.75, 3.05) is 0 Å². The molecule has 0 radical (unpaired) electrons. The molecule has 0 atom stereocenters. The van der Waals surface area contributed by atoms with Gasteiger partial charge in [0.2, 0.25) is 6.71 Å². The van der Waals surface area contributed by atoms with E-state index in [-0.39, 0.29) is 6.71 Å². The molecule has 0 saturated carbocycles. The summed E-state index contributed by atoms with van der Waals surface area (Å²) >= 11 is 0. The Kier molecular flexibility index (Phi) is 4.73. The predicted molar refractivity (Wildman–Crippen MR) is 167 cm³/mol. The molecule has 1 heterocycles. The van der Waals surface area contributed by atoms with Crippen LogP contribution >= 0.6 is 0 Å². The van der Waals surface area contributed by atoms with Crippen molar-refractivity contribution in [1.82, 2.24) is 0 Å². The normalized spacial score (nSPS) is 12.6. The van der Waals surface area contributed by atoms with Crippen LogP contribution in [0.5, 0.6) is 11.5 Å². The third kappa shape index (κ3) is 3.21. The van der Waals surface area contributed by atoms with E-state index in [2.05, 4.69) is 130 Å². The van der Waals surface area contributed by atoms with Crippen molar-refractivity contribution in [3.8, 4) is 22.6 Å². The second-order valence-electron chi connectivity index (χ2n) is 11.1. The van der Waals surface area contributed by atoms with Crippen LogP contribution in [0.4, 0.5) is 0 Å². The lowest BCUT2D eigenvalue weighted by Gasteiger charge is -2.21. The van der Waals surface area contributed by atoms with Crippen LogP contribution in [-0.4, -0.2) is 6.71 Å². The van der Waals surface area contributed by atoms with Gasteiger partial charge in [-0.1, -0.05) is 114 Å². The molecule has 0 bridgehead atoms. The number of para-hydroxylation sites is 1. The molecule has 7 aromatic carbocycles. The van der Waals surface area contributed by atoms with Gasteiger partial charge in [0.15, 0.2) is 0 Å². The summed E-state index contributed by atoms with van der Waals surface area (Å²) in [5, 5.41) is 7.69. The summed E-state index contributed by atoms with van der Waals surface area (Å²) in [7, 11) is 0. The second kappa shape index (κ2) is 8.22. The van der Waals surface area contributed by atoms with Crippen molar-refractivity contribution in [1.29, 1.82) is 0 Å². The van der Waals surface area contributed by atoms with E-state index in [1.165, 1.54) is 76.5 Å². The van der Waals surface area contributed by atoms with Crippen LogP contribution in [0.25, 0.3) is 43.4 Å². The predicted octanol–water partition coefficient (Wildman–Crippen LogP) is 7.80. The van der Waals surface area contributed by atoms with E-state index in [4.69, 9.17) is 4.74 Å². The molecule has 0 amide bonds. The number of ether oxygens (including phenoxy) is 1. The molecule has 0 unspecified atom stereocenters. The van der Waals surface area contributed by atoms with Gasteiger partial charge in [0.1, 0.15) is 11.5 Å². The van der Waals surface area contributed by atoms with Crippen molar-refractivity contribution in [3.63, 3.8) is 0 Å². The highest BCUT2D eigenvalue weighted by Gasteiger charge is 2.32. The van der Waals surface area contributed by atoms with E-state index >= 15 is 0 Å². The molecular formula is C37H27BO. The van der Waals surface area contributed by atoms with E-state index in [1.807, 2.05) is 0 Å². The summed E-state index contributed by atoms with van der Waals surface area (Å²) in [5.74, 6) is 1.87. The monoisotopic (exact) mass is 498 g/mol. The highest BCUT2D eigenvalue weighted by molar-refractivity contribution is 6.97. The molecule has 0 aliphatic carbocycles. The fourth-order valence-corrected chi connectivity index (χ4v) is 7.15. The number of hydrogen-bond donors (Lipinski definition) is 0. The molecule has 184 valence electrons. The summed E-state index contributed by atoms with van der Waals surface area (Å²) < 4.78 is 6.74. The zero-order valence-corrected chi connectivity index (χ0v) is 22.4. The van der Waals surface area contributed by atoms with E-state index in [9.17, 15) is 0 Å². The molecule has 39 heavy (non-hydrogen) atoms. The Morgan fingerprint density at radius 3 is 2.08 bits per heavy atom. The van der Waals surface area contributed by atoms with Gasteiger partial charge < -0.3 is 4.74 Å². The average Bonchev–Trinajstić information content (AvgIpc) is 3.08. The largest absolute Gasteiger partial charge is 0.457 e. The minimum Gasteiger partial charge on any atom is -0.457 e. The van der Waals surface area contributed by atoms with Crippen LogP contribution in [0.1, 0.15) is 16.7 Å². The van der Waals surface area contributed by atoms with Crippen molar-refractivity contribution in [3.05, 3.63) is 126 Å². The van der Waals surface area contributed by atoms with Crippen LogP contribution in [0.2, 0.25) is 0 Å². The third-order valence-electron chi connectivity index (χ3n) is 8.60. The van der Waals surface area contributed by atoms with Crippen molar-refractivity contribution < 1.29 is 4.74 Å². The van der Waals surface area contributed by atoms with Crippen molar-refractivity contribution >= 4 is 55.4 Å². The second-order valence-corrected chi connectivity index (χ2v) is 11.1. The van der Waals surface area contributed by atoms with Crippen molar-refractivity contribution in [2.45, 2.75) is 20.8 Å². The molecule has 0 saturated heterocycles. The van der Waals surface area contributed by atoms with Crippen LogP contribution in [0.3, 0.4) is 0 Å². The van der Waals surface area contributed by atoms with Gasteiger partial charge in [-0.15, -0.1) is 0 Å². The Labute approximate surface area is 229 Å². The van der Waals surface area contributed by atoms with Gasteiger partial charge >= 0.3 is 0 Å². The first-order valence-electron chi connectivity index (χ1n) is 13.7. The molecule has 0 fully saturated rings. The Morgan fingerprint density at radius 2 is 1.26 bits per heavy atom. The molecule has 1 aliphatic heterocycles. The van der Waals surface area contributed by atoms with E-state index < -0.39 is 0 Å². The zero-order chi connectivity index (χ0) is 26.2. The van der Waals surface area contributed by atoms with Gasteiger partial charge in [-0.2, -0.15) is 0 Å². The van der Waals surface area contributed by atoms with Gasteiger partial charge in [0.25, 0.3) is 0 Å². The summed E-state index contributed by atoms with van der Waals surface area (Å²) in [6.07, 6.45) is 0. The van der Waals surface area contributed by atoms with Crippen LogP contribution in [0.15, 0.2) is 109 Å². The summed E-state index contributed by atoms with van der Waals surface area (Å²) in [6.45, 7) is 6.74. The fourth-order valence-electron chi connectivity index (χ4n) is 7.15. The van der Waals surface area contributed by atoms with Crippen LogP contribution < -0.4 is 21.1 Å². The van der Waals surface area contributed by atoms with Gasteiger partial charge in [-0.05, 0) is 82.2 Å². The lowest BCUT2D eigenvalue weighted by Crippen LogP contribution is -2.51. The van der Waals surface area contributed by atoms with Crippen molar-refractivity contribution in [2.24, 2.45) is 0 Å². The van der Waals surface area contributed by atoms with Gasteiger partial charge in [-0.25, -0.2) is 0 Å². The SMILES string of the molecule is Cc1cc(C)c(-c2ccc3cc4c5c(ccc6ccc2c3c65)Oc2ccccc2B4c2ccccc2)c(C)c1. The van der Waals surface area contributed by atoms with Gasteiger partial charge in [0, 0.05) is 10.8 Å². The third-order valence-corrected chi connectivity index (χ3v) is 8.60. The van der Waals surface area contributed by atoms with E-state index in [0.29, 0.717) is 0 Å². The fraction of sp³-hybridized carbons (Fsp3) is 0.0811. The Bertz CT molecular complexity index is 2050. The molecular weight excluding hydrogens is 471 g/mol. The maximum Gasteiger partial charge on any atom is 0.247 e. The molecule has 0 N–H and O–H groups in total.